The Morgan fingerprint density at radius 3 is 1.13 bits per heavy atom. The van der Waals surface area contributed by atoms with Gasteiger partial charge >= 0.3 is 0 Å². The standard InChI is InChI=1S/C30H48O4Si4/c1-21-13-14-22(2)26-25(21)29(31)27-23(17-19-37(9,10)33-35(3,4)5)15-16-24(28(27)30(26)32)18-20-38(11,12)34-36(6,7)8/h13-16H,17-20H2,1-12H3. The van der Waals surface area contributed by atoms with Gasteiger partial charge in [0, 0.05) is 22.3 Å². The van der Waals surface area contributed by atoms with Gasteiger partial charge in [0.25, 0.3) is 0 Å². The Labute approximate surface area is 235 Å². The van der Waals surface area contributed by atoms with Gasteiger partial charge in [0.1, 0.15) is 0 Å². The van der Waals surface area contributed by atoms with E-state index in [0.717, 1.165) is 47.2 Å². The minimum atomic E-state index is -1.92. The van der Waals surface area contributed by atoms with E-state index in [0.29, 0.717) is 22.3 Å². The average molecular weight is 585 g/mol. The van der Waals surface area contributed by atoms with Crippen molar-refractivity contribution in [3.63, 3.8) is 0 Å². The van der Waals surface area contributed by atoms with Crippen LogP contribution >= 0.6 is 0 Å². The first-order valence-electron chi connectivity index (χ1n) is 14.0. The van der Waals surface area contributed by atoms with Crippen molar-refractivity contribution < 1.29 is 17.8 Å². The molecule has 0 radical (unpaired) electrons. The third-order valence-electron chi connectivity index (χ3n) is 7.07. The van der Waals surface area contributed by atoms with E-state index in [1.54, 1.807) is 0 Å². The van der Waals surface area contributed by atoms with E-state index in [2.05, 4.69) is 77.6 Å². The smallest absolute Gasteiger partial charge is 0.195 e. The Morgan fingerprint density at radius 1 is 0.526 bits per heavy atom. The molecule has 0 unspecified atom stereocenters. The Bertz CT molecular complexity index is 1150. The van der Waals surface area contributed by atoms with Crippen LogP contribution in [0.25, 0.3) is 0 Å². The molecule has 2 aromatic carbocycles. The van der Waals surface area contributed by atoms with Crippen LogP contribution in [0.2, 0.25) is 77.6 Å². The average Bonchev–Trinajstić information content (AvgIpc) is 2.72. The number of benzene rings is 2. The van der Waals surface area contributed by atoms with Crippen LogP contribution in [0.4, 0.5) is 0 Å². The maximum Gasteiger partial charge on any atom is 0.195 e. The van der Waals surface area contributed by atoms with Gasteiger partial charge in [-0.15, -0.1) is 0 Å². The van der Waals surface area contributed by atoms with Crippen LogP contribution in [-0.2, 0) is 21.1 Å². The highest BCUT2D eigenvalue weighted by Crippen LogP contribution is 2.37. The van der Waals surface area contributed by atoms with Crippen molar-refractivity contribution in [1.29, 1.82) is 0 Å². The van der Waals surface area contributed by atoms with Gasteiger partial charge < -0.3 is 8.23 Å². The van der Waals surface area contributed by atoms with Crippen molar-refractivity contribution >= 4 is 44.8 Å². The van der Waals surface area contributed by atoms with Gasteiger partial charge in [-0.2, -0.15) is 0 Å². The lowest BCUT2D eigenvalue weighted by Gasteiger charge is -2.33. The molecule has 3 rings (SSSR count). The SMILES string of the molecule is Cc1ccc(C)c2c1C(=O)c1c(CC[Si](C)(C)O[Si](C)(C)C)ccc(CC[Si](C)(C)O[Si](C)(C)C)c1C2=O. The predicted molar refractivity (Wildman–Crippen MR) is 170 cm³/mol. The molecule has 0 saturated heterocycles. The van der Waals surface area contributed by atoms with Crippen molar-refractivity contribution in [2.24, 2.45) is 0 Å². The first-order valence-corrected chi connectivity index (χ1v) is 27.0. The van der Waals surface area contributed by atoms with Crippen molar-refractivity contribution in [3.05, 3.63) is 68.8 Å². The first kappa shape index (κ1) is 31.1. The van der Waals surface area contributed by atoms with Crippen molar-refractivity contribution in [2.45, 2.75) is 104 Å². The number of fused-ring (bicyclic) bond motifs is 2. The molecular weight excluding hydrogens is 537 g/mol. The molecule has 0 saturated carbocycles. The van der Waals surface area contributed by atoms with Crippen molar-refractivity contribution in [3.8, 4) is 0 Å². The largest absolute Gasteiger partial charge is 0.456 e. The maximum absolute atomic E-state index is 14.2. The number of carbonyl (C=O) groups is 2. The first-order chi connectivity index (χ1) is 17.2. The summed E-state index contributed by atoms with van der Waals surface area (Å²) >= 11 is 0. The number of rotatable bonds is 10. The highest BCUT2D eigenvalue weighted by molar-refractivity contribution is 6.84. The van der Waals surface area contributed by atoms with Gasteiger partial charge in [0.05, 0.1) is 0 Å². The normalized spacial score (nSPS) is 14.5. The summed E-state index contributed by atoms with van der Waals surface area (Å²) in [5.41, 5.74) is 6.18. The predicted octanol–water partition coefficient (Wildman–Crippen LogP) is 8.28. The molecule has 0 bridgehead atoms. The number of hydrogen-bond donors (Lipinski definition) is 0. The molecule has 0 atom stereocenters. The lowest BCUT2D eigenvalue weighted by molar-refractivity contribution is 0.0976. The Balaban J connectivity index is 2.08. The minimum absolute atomic E-state index is 0.00749. The van der Waals surface area contributed by atoms with Crippen molar-refractivity contribution in [2.75, 3.05) is 0 Å². The van der Waals surface area contributed by atoms with Gasteiger partial charge in [-0.3, -0.25) is 9.59 Å². The minimum Gasteiger partial charge on any atom is -0.456 e. The highest BCUT2D eigenvalue weighted by atomic mass is 28.4. The third-order valence-corrected chi connectivity index (χ3v) is 19.3. The van der Waals surface area contributed by atoms with E-state index in [9.17, 15) is 9.59 Å². The van der Waals surface area contributed by atoms with Gasteiger partial charge in [-0.1, -0.05) is 24.3 Å². The second-order valence-electron chi connectivity index (χ2n) is 14.2. The molecule has 0 N–H and O–H groups in total. The molecule has 2 aromatic rings. The Hall–Kier alpha value is -1.43. The summed E-state index contributed by atoms with van der Waals surface area (Å²) in [6.45, 7) is 26.4. The fraction of sp³-hybridized carbons (Fsp3) is 0.533. The zero-order chi connectivity index (χ0) is 28.8. The third kappa shape index (κ3) is 7.40. The lowest BCUT2D eigenvalue weighted by atomic mass is 9.76. The van der Waals surface area contributed by atoms with Crippen LogP contribution in [0.1, 0.15) is 54.1 Å². The summed E-state index contributed by atoms with van der Waals surface area (Å²) in [7, 11) is -7.16. The Kier molecular flexibility index (Phi) is 8.89. The summed E-state index contributed by atoms with van der Waals surface area (Å²) in [5.74, 6) is 0.0150. The molecule has 1 aliphatic carbocycles. The molecule has 0 heterocycles. The van der Waals surface area contributed by atoms with Crippen LogP contribution in [0, 0.1) is 13.8 Å². The number of hydrogen-bond acceptors (Lipinski definition) is 4. The molecule has 38 heavy (non-hydrogen) atoms. The second kappa shape index (κ2) is 10.9. The monoisotopic (exact) mass is 584 g/mol. The van der Waals surface area contributed by atoms with Gasteiger partial charge in [-0.05, 0) is 127 Å². The van der Waals surface area contributed by atoms with Gasteiger partial charge in [0.15, 0.2) is 44.8 Å². The number of carbonyl (C=O) groups excluding carboxylic acids is 2. The molecule has 0 fully saturated rings. The lowest BCUT2D eigenvalue weighted by Crippen LogP contribution is -2.42. The van der Waals surface area contributed by atoms with Crippen LogP contribution in [0.3, 0.4) is 0 Å². The fourth-order valence-electron chi connectivity index (χ4n) is 5.90. The van der Waals surface area contributed by atoms with Crippen molar-refractivity contribution in [1.82, 2.24) is 0 Å². The fourth-order valence-corrected chi connectivity index (χ4v) is 21.7. The summed E-state index contributed by atoms with van der Waals surface area (Å²) in [5, 5.41) is 0. The molecular formula is C30H48O4Si4. The zero-order valence-corrected chi connectivity index (χ0v) is 29.8. The van der Waals surface area contributed by atoms with Crippen LogP contribution in [-0.4, -0.2) is 44.8 Å². The molecule has 8 heteroatoms. The van der Waals surface area contributed by atoms with E-state index in [1.807, 2.05) is 26.0 Å². The van der Waals surface area contributed by atoms with E-state index >= 15 is 0 Å². The second-order valence-corrected chi connectivity index (χ2v) is 32.3. The molecule has 208 valence electrons. The van der Waals surface area contributed by atoms with E-state index in [4.69, 9.17) is 8.23 Å². The summed E-state index contributed by atoms with van der Waals surface area (Å²) in [6.07, 6.45) is 1.51. The van der Waals surface area contributed by atoms with E-state index in [-0.39, 0.29) is 11.6 Å². The molecule has 0 amide bonds. The van der Waals surface area contributed by atoms with E-state index < -0.39 is 33.3 Å². The van der Waals surface area contributed by atoms with Crippen LogP contribution < -0.4 is 0 Å². The quantitative estimate of drug-likeness (QED) is 0.225. The van der Waals surface area contributed by atoms with Crippen LogP contribution in [0.5, 0.6) is 0 Å². The zero-order valence-electron chi connectivity index (χ0n) is 25.8. The molecule has 0 aliphatic heterocycles. The van der Waals surface area contributed by atoms with E-state index in [1.165, 1.54) is 0 Å². The molecule has 4 nitrogen and oxygen atoms in total. The number of aryl methyl sites for hydroxylation is 4. The maximum atomic E-state index is 14.2. The molecule has 1 aliphatic rings. The topological polar surface area (TPSA) is 52.6 Å². The number of ketones is 2. The molecule has 0 spiro atoms. The summed E-state index contributed by atoms with van der Waals surface area (Å²) < 4.78 is 13.2. The Morgan fingerprint density at radius 2 is 0.842 bits per heavy atom. The summed E-state index contributed by atoms with van der Waals surface area (Å²) in [4.78, 5) is 28.3. The molecule has 0 aromatic heterocycles. The highest BCUT2D eigenvalue weighted by Gasteiger charge is 2.37. The summed E-state index contributed by atoms with van der Waals surface area (Å²) in [6, 6.07) is 10.0. The van der Waals surface area contributed by atoms with Gasteiger partial charge in [0.2, 0.25) is 0 Å². The van der Waals surface area contributed by atoms with Crippen LogP contribution in [0.15, 0.2) is 24.3 Å². The van der Waals surface area contributed by atoms with Gasteiger partial charge in [-0.25, -0.2) is 0 Å².